The SMILES string of the molecule is O=c1[nH][nH]c(-c2ccccn2)c1N=Nc1c(Cl)cccc1Cl. The van der Waals surface area contributed by atoms with Crippen molar-refractivity contribution >= 4 is 34.6 Å². The van der Waals surface area contributed by atoms with Gasteiger partial charge in [-0.05, 0) is 24.3 Å². The highest BCUT2D eigenvalue weighted by Gasteiger charge is 2.13. The Morgan fingerprint density at radius 3 is 2.32 bits per heavy atom. The van der Waals surface area contributed by atoms with Crippen LogP contribution in [-0.2, 0) is 0 Å². The topological polar surface area (TPSA) is 86.3 Å². The van der Waals surface area contributed by atoms with Gasteiger partial charge in [0.1, 0.15) is 11.4 Å². The second-order valence-corrected chi connectivity index (χ2v) is 5.10. The summed E-state index contributed by atoms with van der Waals surface area (Å²) in [5, 5.41) is 13.9. The van der Waals surface area contributed by atoms with Gasteiger partial charge in [-0.15, -0.1) is 10.2 Å². The number of hydrogen-bond donors (Lipinski definition) is 2. The number of halogens is 2. The van der Waals surface area contributed by atoms with Gasteiger partial charge in [0, 0.05) is 6.20 Å². The highest BCUT2D eigenvalue weighted by atomic mass is 35.5. The molecule has 0 spiro atoms. The lowest BCUT2D eigenvalue weighted by molar-refractivity contribution is 1.05. The number of pyridine rings is 1. The minimum Gasteiger partial charge on any atom is -0.294 e. The van der Waals surface area contributed by atoms with Gasteiger partial charge in [-0.1, -0.05) is 35.3 Å². The monoisotopic (exact) mass is 333 g/mol. The van der Waals surface area contributed by atoms with Gasteiger partial charge >= 0.3 is 0 Å². The van der Waals surface area contributed by atoms with Crippen molar-refractivity contribution < 1.29 is 0 Å². The third-order valence-electron chi connectivity index (χ3n) is 2.86. The Balaban J connectivity index is 2.05. The molecule has 6 nitrogen and oxygen atoms in total. The summed E-state index contributed by atoms with van der Waals surface area (Å²) in [6.07, 6.45) is 1.62. The van der Waals surface area contributed by atoms with Crippen molar-refractivity contribution in [2.24, 2.45) is 10.2 Å². The van der Waals surface area contributed by atoms with Crippen LogP contribution in [0.1, 0.15) is 0 Å². The lowest BCUT2D eigenvalue weighted by Gasteiger charge is -1.99. The highest BCUT2D eigenvalue weighted by Crippen LogP contribution is 2.34. The Bertz CT molecular complexity index is 865. The van der Waals surface area contributed by atoms with Crippen LogP contribution in [0.25, 0.3) is 11.4 Å². The van der Waals surface area contributed by atoms with Crippen molar-refractivity contribution in [3.63, 3.8) is 0 Å². The van der Waals surface area contributed by atoms with Gasteiger partial charge in [-0.2, -0.15) is 0 Å². The molecule has 8 heteroatoms. The fraction of sp³-hybridized carbons (Fsp3) is 0. The lowest BCUT2D eigenvalue weighted by atomic mass is 10.2. The van der Waals surface area contributed by atoms with E-state index in [4.69, 9.17) is 23.2 Å². The number of nitrogens with one attached hydrogen (secondary N) is 2. The van der Waals surface area contributed by atoms with E-state index in [0.717, 1.165) is 0 Å². The van der Waals surface area contributed by atoms with E-state index in [-0.39, 0.29) is 5.69 Å². The molecule has 1 aromatic carbocycles. The molecular formula is C14H9Cl2N5O. The standard InChI is InChI=1S/C14H9Cl2N5O/c15-8-4-3-5-9(16)11(8)18-20-13-12(19-21-14(13)22)10-6-1-2-7-17-10/h1-7H,(H2,19,21,22). The van der Waals surface area contributed by atoms with E-state index in [1.165, 1.54) is 0 Å². The fourth-order valence-corrected chi connectivity index (χ4v) is 2.30. The number of rotatable bonds is 3. The molecule has 0 bridgehead atoms. The van der Waals surface area contributed by atoms with E-state index in [1.54, 1.807) is 42.6 Å². The Labute approximate surface area is 134 Å². The zero-order valence-corrected chi connectivity index (χ0v) is 12.6. The van der Waals surface area contributed by atoms with E-state index in [0.29, 0.717) is 27.1 Å². The molecule has 0 aliphatic heterocycles. The predicted octanol–water partition coefficient (Wildman–Crippen LogP) is 4.49. The van der Waals surface area contributed by atoms with Crippen LogP contribution >= 0.6 is 23.2 Å². The molecule has 0 aliphatic rings. The summed E-state index contributed by atoms with van der Waals surface area (Å²) < 4.78 is 0. The number of aromatic nitrogens is 3. The second-order valence-electron chi connectivity index (χ2n) is 4.29. The van der Waals surface area contributed by atoms with Gasteiger partial charge in [-0.3, -0.25) is 20.0 Å². The Morgan fingerprint density at radius 1 is 0.909 bits per heavy atom. The largest absolute Gasteiger partial charge is 0.294 e. The van der Waals surface area contributed by atoms with Crippen molar-refractivity contribution in [1.29, 1.82) is 0 Å². The molecule has 0 atom stereocenters. The number of benzene rings is 1. The minimum absolute atomic E-state index is 0.106. The molecule has 2 heterocycles. The van der Waals surface area contributed by atoms with Crippen LogP contribution in [0.15, 0.2) is 57.6 Å². The molecular weight excluding hydrogens is 325 g/mol. The first-order valence-corrected chi connectivity index (χ1v) is 7.00. The third-order valence-corrected chi connectivity index (χ3v) is 3.47. The number of azo groups is 1. The Morgan fingerprint density at radius 2 is 1.64 bits per heavy atom. The van der Waals surface area contributed by atoms with Crippen molar-refractivity contribution in [3.05, 3.63) is 63.0 Å². The molecule has 2 aromatic heterocycles. The maximum atomic E-state index is 11.9. The molecule has 0 saturated heterocycles. The first-order valence-electron chi connectivity index (χ1n) is 6.24. The van der Waals surface area contributed by atoms with Crippen LogP contribution in [0.4, 0.5) is 11.4 Å². The summed E-state index contributed by atoms with van der Waals surface area (Å²) >= 11 is 12.0. The van der Waals surface area contributed by atoms with Gasteiger partial charge in [0.05, 0.1) is 15.7 Å². The van der Waals surface area contributed by atoms with E-state index < -0.39 is 5.56 Å². The average molecular weight is 334 g/mol. The van der Waals surface area contributed by atoms with E-state index >= 15 is 0 Å². The Kier molecular flexibility index (Phi) is 4.04. The number of H-pyrrole nitrogens is 2. The van der Waals surface area contributed by atoms with Crippen LogP contribution in [0, 0.1) is 0 Å². The normalized spacial score (nSPS) is 11.2. The molecule has 0 fully saturated rings. The van der Waals surface area contributed by atoms with Gasteiger partial charge in [0.25, 0.3) is 5.56 Å². The van der Waals surface area contributed by atoms with Gasteiger partial charge in [0.2, 0.25) is 0 Å². The van der Waals surface area contributed by atoms with Gasteiger partial charge in [0.15, 0.2) is 5.69 Å². The summed E-state index contributed by atoms with van der Waals surface area (Å²) in [5.74, 6) is 0. The summed E-state index contributed by atoms with van der Waals surface area (Å²) in [4.78, 5) is 16.0. The van der Waals surface area contributed by atoms with Crippen molar-refractivity contribution in [2.75, 3.05) is 0 Å². The zero-order chi connectivity index (χ0) is 15.5. The first-order chi connectivity index (χ1) is 10.7. The maximum Gasteiger partial charge on any atom is 0.292 e. The van der Waals surface area contributed by atoms with Crippen LogP contribution in [0.5, 0.6) is 0 Å². The minimum atomic E-state index is -0.410. The van der Waals surface area contributed by atoms with Crippen LogP contribution < -0.4 is 5.56 Å². The molecule has 2 N–H and O–H groups in total. The predicted molar refractivity (Wildman–Crippen MR) is 85.3 cm³/mol. The third kappa shape index (κ3) is 2.79. The first kappa shape index (κ1) is 14.5. The summed E-state index contributed by atoms with van der Waals surface area (Å²) in [7, 11) is 0. The molecule has 0 amide bonds. The number of aromatic amines is 2. The zero-order valence-electron chi connectivity index (χ0n) is 11.0. The molecule has 0 aliphatic carbocycles. The summed E-state index contributed by atoms with van der Waals surface area (Å²) in [6.45, 7) is 0. The van der Waals surface area contributed by atoms with Crippen LogP contribution in [0.3, 0.4) is 0 Å². The van der Waals surface area contributed by atoms with E-state index in [9.17, 15) is 4.79 Å². The molecule has 0 saturated carbocycles. The highest BCUT2D eigenvalue weighted by molar-refractivity contribution is 6.38. The molecule has 0 unspecified atom stereocenters. The molecule has 3 rings (SSSR count). The second kappa shape index (κ2) is 6.13. The Hall–Kier alpha value is -2.44. The van der Waals surface area contributed by atoms with Crippen LogP contribution in [0.2, 0.25) is 10.0 Å². The van der Waals surface area contributed by atoms with Crippen molar-refractivity contribution in [3.8, 4) is 11.4 Å². The van der Waals surface area contributed by atoms with E-state index in [1.807, 2.05) is 0 Å². The van der Waals surface area contributed by atoms with Crippen molar-refractivity contribution in [2.45, 2.75) is 0 Å². The molecule has 0 radical (unpaired) electrons. The smallest absolute Gasteiger partial charge is 0.292 e. The summed E-state index contributed by atoms with van der Waals surface area (Å²) in [5.41, 5.74) is 1.01. The van der Waals surface area contributed by atoms with Crippen LogP contribution in [-0.4, -0.2) is 15.2 Å². The fourth-order valence-electron chi connectivity index (χ4n) is 1.83. The molecule has 22 heavy (non-hydrogen) atoms. The van der Waals surface area contributed by atoms with E-state index in [2.05, 4.69) is 25.4 Å². The van der Waals surface area contributed by atoms with Gasteiger partial charge < -0.3 is 0 Å². The quantitative estimate of drug-likeness (QED) is 0.692. The average Bonchev–Trinajstić information content (AvgIpc) is 2.89. The molecule has 3 aromatic rings. The summed E-state index contributed by atoms with van der Waals surface area (Å²) in [6, 6.07) is 10.3. The number of nitrogens with zero attached hydrogens (tertiary/aromatic N) is 3. The number of hydrogen-bond acceptors (Lipinski definition) is 4. The maximum absolute atomic E-state index is 11.9. The van der Waals surface area contributed by atoms with Crippen molar-refractivity contribution in [1.82, 2.24) is 15.2 Å². The molecule has 110 valence electrons. The van der Waals surface area contributed by atoms with Gasteiger partial charge in [-0.25, -0.2) is 0 Å². The lowest BCUT2D eigenvalue weighted by Crippen LogP contribution is -1.96.